The molecular weight excluding hydrogens is 168 g/mol. The Morgan fingerprint density at radius 2 is 1.36 bits per heavy atom. The Morgan fingerprint density at radius 1 is 0.929 bits per heavy atom. The summed E-state index contributed by atoms with van der Waals surface area (Å²) < 4.78 is 0. The quantitative estimate of drug-likeness (QED) is 0.605. The van der Waals surface area contributed by atoms with Crippen LogP contribution >= 0.6 is 0 Å². The lowest BCUT2D eigenvalue weighted by molar-refractivity contribution is 0.0582. The van der Waals surface area contributed by atoms with Crippen LogP contribution in [0.3, 0.4) is 0 Å². The average Bonchev–Trinajstić information content (AvgIpc) is 2.09. The molecular formula is C14H28. The molecule has 0 aromatic carbocycles. The number of hydrogen-bond acceptors (Lipinski definition) is 0. The van der Waals surface area contributed by atoms with Crippen LogP contribution in [0.4, 0.5) is 0 Å². The zero-order chi connectivity index (χ0) is 10.9. The number of rotatable bonds is 2. The second kappa shape index (κ2) is 4.68. The zero-order valence-corrected chi connectivity index (χ0v) is 10.9. The molecule has 4 unspecified atom stereocenters. The minimum absolute atomic E-state index is 0.863. The van der Waals surface area contributed by atoms with Crippen LogP contribution in [0.15, 0.2) is 0 Å². The predicted octanol–water partition coefficient (Wildman–Crippen LogP) is 4.60. The van der Waals surface area contributed by atoms with Crippen LogP contribution in [0.5, 0.6) is 0 Å². The monoisotopic (exact) mass is 196 g/mol. The molecule has 84 valence electrons. The molecule has 14 heavy (non-hydrogen) atoms. The fourth-order valence-corrected chi connectivity index (χ4v) is 3.31. The Bertz CT molecular complexity index is 157. The molecule has 0 saturated heterocycles. The average molecular weight is 196 g/mol. The third-order valence-corrected chi connectivity index (χ3v) is 4.63. The smallest absolute Gasteiger partial charge is 0.0355 e. The van der Waals surface area contributed by atoms with E-state index < -0.39 is 0 Å². The van der Waals surface area contributed by atoms with Crippen molar-refractivity contribution >= 4 is 0 Å². The summed E-state index contributed by atoms with van der Waals surface area (Å²) >= 11 is 0. The first-order valence-corrected chi connectivity index (χ1v) is 6.43. The molecule has 4 atom stereocenters. The van der Waals surface area contributed by atoms with Crippen LogP contribution in [0.1, 0.15) is 54.4 Å². The van der Waals surface area contributed by atoms with E-state index in [1.165, 1.54) is 12.8 Å². The highest BCUT2D eigenvalue weighted by Crippen LogP contribution is 2.44. The van der Waals surface area contributed by atoms with E-state index in [0.717, 1.165) is 35.5 Å². The van der Waals surface area contributed by atoms with Gasteiger partial charge in [0.2, 0.25) is 0 Å². The molecule has 0 aliphatic heterocycles. The Labute approximate surface area is 90.5 Å². The maximum atomic E-state index is 2.47. The summed E-state index contributed by atoms with van der Waals surface area (Å²) in [6.07, 6.45) is 2.87. The van der Waals surface area contributed by atoms with Gasteiger partial charge >= 0.3 is 0 Å². The van der Waals surface area contributed by atoms with Gasteiger partial charge in [0, 0.05) is 0 Å². The molecule has 1 aliphatic rings. The summed E-state index contributed by atoms with van der Waals surface area (Å²) in [5, 5.41) is 0. The summed E-state index contributed by atoms with van der Waals surface area (Å²) in [6.45, 7) is 14.6. The lowest BCUT2D eigenvalue weighted by Gasteiger charge is -2.43. The van der Waals surface area contributed by atoms with Gasteiger partial charge in [-0.3, -0.25) is 0 Å². The first kappa shape index (κ1) is 12.1. The Balaban J connectivity index is 2.67. The molecule has 0 N–H and O–H groups in total. The minimum atomic E-state index is 0.863. The van der Waals surface area contributed by atoms with Crippen molar-refractivity contribution in [3.63, 3.8) is 0 Å². The SMILES string of the molecule is CC(C)CC1C(C)C(C)CC(C)C1C. The van der Waals surface area contributed by atoms with Gasteiger partial charge in [-0.1, -0.05) is 41.5 Å². The van der Waals surface area contributed by atoms with E-state index in [1.54, 1.807) is 0 Å². The maximum absolute atomic E-state index is 2.47. The van der Waals surface area contributed by atoms with Crippen molar-refractivity contribution < 1.29 is 0 Å². The van der Waals surface area contributed by atoms with Crippen LogP contribution in [0.2, 0.25) is 0 Å². The minimum Gasteiger partial charge on any atom is -0.0628 e. The molecule has 0 amide bonds. The fraction of sp³-hybridized carbons (Fsp3) is 1.00. The molecule has 0 aromatic heterocycles. The second-order valence-corrected chi connectivity index (χ2v) is 6.20. The van der Waals surface area contributed by atoms with E-state index in [0.29, 0.717) is 0 Å². The molecule has 0 aromatic rings. The Morgan fingerprint density at radius 3 is 1.71 bits per heavy atom. The van der Waals surface area contributed by atoms with E-state index in [-0.39, 0.29) is 0 Å². The summed E-state index contributed by atoms with van der Waals surface area (Å²) in [5.41, 5.74) is 0. The zero-order valence-electron chi connectivity index (χ0n) is 10.9. The lowest BCUT2D eigenvalue weighted by Crippen LogP contribution is -2.36. The van der Waals surface area contributed by atoms with Crippen molar-refractivity contribution in [2.24, 2.45) is 35.5 Å². The van der Waals surface area contributed by atoms with Gasteiger partial charge in [-0.2, -0.15) is 0 Å². The standard InChI is InChI=1S/C14H28/c1-9(2)7-14-12(5)10(3)8-11(4)13(14)6/h9-14H,7-8H2,1-6H3. The van der Waals surface area contributed by atoms with Crippen molar-refractivity contribution in [3.8, 4) is 0 Å². The highest BCUT2D eigenvalue weighted by atomic mass is 14.4. The van der Waals surface area contributed by atoms with Crippen LogP contribution in [-0.4, -0.2) is 0 Å². The van der Waals surface area contributed by atoms with Crippen molar-refractivity contribution in [1.29, 1.82) is 0 Å². The molecule has 0 spiro atoms. The van der Waals surface area contributed by atoms with E-state index >= 15 is 0 Å². The highest BCUT2D eigenvalue weighted by molar-refractivity contribution is 4.85. The van der Waals surface area contributed by atoms with Gasteiger partial charge in [0.1, 0.15) is 0 Å². The van der Waals surface area contributed by atoms with E-state index in [2.05, 4.69) is 41.5 Å². The van der Waals surface area contributed by atoms with E-state index in [9.17, 15) is 0 Å². The Kier molecular flexibility index (Phi) is 4.04. The first-order chi connectivity index (χ1) is 6.43. The second-order valence-electron chi connectivity index (χ2n) is 6.20. The molecule has 1 fully saturated rings. The topological polar surface area (TPSA) is 0 Å². The fourth-order valence-electron chi connectivity index (χ4n) is 3.31. The van der Waals surface area contributed by atoms with E-state index in [1.807, 2.05) is 0 Å². The molecule has 1 aliphatic carbocycles. The summed E-state index contributed by atoms with van der Waals surface area (Å²) in [4.78, 5) is 0. The van der Waals surface area contributed by atoms with E-state index in [4.69, 9.17) is 0 Å². The highest BCUT2D eigenvalue weighted by Gasteiger charge is 2.36. The van der Waals surface area contributed by atoms with Crippen molar-refractivity contribution in [1.82, 2.24) is 0 Å². The van der Waals surface area contributed by atoms with Gasteiger partial charge in [-0.05, 0) is 48.3 Å². The third-order valence-electron chi connectivity index (χ3n) is 4.63. The van der Waals surface area contributed by atoms with Gasteiger partial charge in [0.25, 0.3) is 0 Å². The maximum Gasteiger partial charge on any atom is -0.0355 e. The van der Waals surface area contributed by atoms with Crippen molar-refractivity contribution in [3.05, 3.63) is 0 Å². The summed E-state index contributed by atoms with van der Waals surface area (Å²) in [7, 11) is 0. The van der Waals surface area contributed by atoms with Crippen LogP contribution in [-0.2, 0) is 0 Å². The molecule has 0 nitrogen and oxygen atoms in total. The normalized spacial score (nSPS) is 44.4. The van der Waals surface area contributed by atoms with Gasteiger partial charge in [0.05, 0.1) is 0 Å². The van der Waals surface area contributed by atoms with Crippen LogP contribution in [0, 0.1) is 35.5 Å². The Hall–Kier alpha value is 0. The van der Waals surface area contributed by atoms with Crippen LogP contribution < -0.4 is 0 Å². The number of hydrogen-bond donors (Lipinski definition) is 0. The van der Waals surface area contributed by atoms with Gasteiger partial charge in [0.15, 0.2) is 0 Å². The van der Waals surface area contributed by atoms with Gasteiger partial charge in [-0.25, -0.2) is 0 Å². The molecule has 0 bridgehead atoms. The molecule has 0 heterocycles. The third kappa shape index (κ3) is 2.52. The van der Waals surface area contributed by atoms with Gasteiger partial charge in [-0.15, -0.1) is 0 Å². The largest absolute Gasteiger partial charge is 0.0628 e. The molecule has 1 saturated carbocycles. The van der Waals surface area contributed by atoms with Crippen molar-refractivity contribution in [2.45, 2.75) is 54.4 Å². The summed E-state index contributed by atoms with van der Waals surface area (Å²) in [5.74, 6) is 5.57. The summed E-state index contributed by atoms with van der Waals surface area (Å²) in [6, 6.07) is 0. The van der Waals surface area contributed by atoms with Crippen molar-refractivity contribution in [2.75, 3.05) is 0 Å². The van der Waals surface area contributed by atoms with Gasteiger partial charge < -0.3 is 0 Å². The predicted molar refractivity (Wildman–Crippen MR) is 64.2 cm³/mol. The lowest BCUT2D eigenvalue weighted by atomic mass is 9.62. The molecule has 1 rings (SSSR count). The van der Waals surface area contributed by atoms with Crippen LogP contribution in [0.25, 0.3) is 0 Å². The molecule has 0 radical (unpaired) electrons. The first-order valence-electron chi connectivity index (χ1n) is 6.43. The molecule has 0 heteroatoms.